The number of thioether (sulfide) groups is 1. The van der Waals surface area contributed by atoms with Crippen molar-refractivity contribution < 1.29 is 18.4 Å². The Bertz CT molecular complexity index is 934. The molecule has 5 nitrogen and oxygen atoms in total. The molecule has 1 heterocycles. The van der Waals surface area contributed by atoms with Crippen molar-refractivity contribution in [3.05, 3.63) is 72.8 Å². The van der Waals surface area contributed by atoms with Gasteiger partial charge in [0.15, 0.2) is 5.17 Å². The van der Waals surface area contributed by atoms with Crippen LogP contribution in [0.5, 0.6) is 0 Å². The molecule has 28 heavy (non-hydrogen) atoms. The van der Waals surface area contributed by atoms with Gasteiger partial charge in [-0.25, -0.2) is 13.8 Å². The first-order valence-corrected chi connectivity index (χ1v) is 9.33. The zero-order valence-corrected chi connectivity index (χ0v) is 15.6. The summed E-state index contributed by atoms with van der Waals surface area (Å²) in [6.45, 7) is 3.92. The highest BCUT2D eigenvalue weighted by atomic mass is 32.2. The summed E-state index contributed by atoms with van der Waals surface area (Å²) in [6.07, 6.45) is 1.41. The van der Waals surface area contributed by atoms with E-state index in [4.69, 9.17) is 0 Å². The highest BCUT2D eigenvalue weighted by molar-refractivity contribution is 8.15. The summed E-state index contributed by atoms with van der Waals surface area (Å²) in [7, 11) is 0. The maximum atomic E-state index is 13.7. The molecule has 0 saturated carbocycles. The summed E-state index contributed by atoms with van der Waals surface area (Å²) in [5, 5.41) is 2.16. The zero-order valence-electron chi connectivity index (χ0n) is 14.8. The number of amidine groups is 1. The van der Waals surface area contributed by atoms with Gasteiger partial charge >= 0.3 is 0 Å². The van der Waals surface area contributed by atoms with Gasteiger partial charge in [-0.05, 0) is 24.3 Å². The number of halogens is 2. The zero-order chi connectivity index (χ0) is 20.1. The third-order valence-corrected chi connectivity index (χ3v) is 5.06. The molecule has 0 spiro atoms. The van der Waals surface area contributed by atoms with Crippen molar-refractivity contribution in [1.29, 1.82) is 0 Å². The Labute approximate surface area is 165 Å². The number of hydrogen-bond acceptors (Lipinski definition) is 4. The summed E-state index contributed by atoms with van der Waals surface area (Å²) >= 11 is 1.17. The van der Waals surface area contributed by atoms with Crippen LogP contribution in [0.1, 0.15) is 6.42 Å². The van der Waals surface area contributed by atoms with Crippen LogP contribution in [-0.4, -0.2) is 33.7 Å². The van der Waals surface area contributed by atoms with Gasteiger partial charge in [-0.2, -0.15) is 0 Å². The van der Waals surface area contributed by atoms with Gasteiger partial charge < -0.3 is 5.32 Å². The predicted octanol–water partition coefficient (Wildman–Crippen LogP) is 4.11. The Morgan fingerprint density at radius 2 is 2.00 bits per heavy atom. The van der Waals surface area contributed by atoms with Gasteiger partial charge in [0.25, 0.3) is 0 Å². The van der Waals surface area contributed by atoms with Crippen molar-refractivity contribution in [2.24, 2.45) is 4.99 Å². The van der Waals surface area contributed by atoms with E-state index in [0.29, 0.717) is 16.9 Å². The lowest BCUT2D eigenvalue weighted by molar-refractivity contribution is -0.127. The first kappa shape index (κ1) is 19.8. The van der Waals surface area contributed by atoms with Crippen LogP contribution >= 0.6 is 11.8 Å². The fraction of sp³-hybridized carbons (Fsp3) is 0.150. The van der Waals surface area contributed by atoms with Gasteiger partial charge in [-0.15, -0.1) is 6.58 Å². The first-order chi connectivity index (χ1) is 13.5. The Balaban J connectivity index is 1.73. The monoisotopic (exact) mass is 401 g/mol. The number of para-hydroxylation sites is 1. The van der Waals surface area contributed by atoms with Gasteiger partial charge in [-0.3, -0.25) is 14.5 Å². The maximum Gasteiger partial charge on any atom is 0.242 e. The molecule has 144 valence electrons. The van der Waals surface area contributed by atoms with E-state index in [0.717, 1.165) is 12.1 Å². The third kappa shape index (κ3) is 4.64. The summed E-state index contributed by atoms with van der Waals surface area (Å²) in [4.78, 5) is 30.9. The van der Waals surface area contributed by atoms with Gasteiger partial charge in [0.1, 0.15) is 16.9 Å². The number of carbonyl (C=O) groups excluding carboxylic acids is 2. The minimum absolute atomic E-state index is 0.136. The molecule has 2 amide bonds. The highest BCUT2D eigenvalue weighted by Crippen LogP contribution is 2.31. The molecule has 3 rings (SSSR count). The second-order valence-corrected chi connectivity index (χ2v) is 7.12. The number of rotatable bonds is 6. The number of hydrogen-bond donors (Lipinski definition) is 1. The third-order valence-electron chi connectivity index (χ3n) is 3.89. The standard InChI is InChI=1S/C20H17F2N3O2S/c1-2-10-25-19(27)17(28-20(25)23-14-6-4-3-5-7-14)12-18(26)24-16-9-8-13(21)11-15(16)22/h2-9,11,17H,1,10,12H2,(H,24,26). The molecule has 1 atom stereocenters. The smallest absolute Gasteiger partial charge is 0.242 e. The van der Waals surface area contributed by atoms with Crippen molar-refractivity contribution >= 4 is 40.1 Å². The fourth-order valence-corrected chi connectivity index (χ4v) is 3.76. The van der Waals surface area contributed by atoms with Crippen LogP contribution in [0.2, 0.25) is 0 Å². The van der Waals surface area contributed by atoms with Crippen LogP contribution in [0.25, 0.3) is 0 Å². The summed E-state index contributed by atoms with van der Waals surface area (Å²) in [5.41, 5.74) is 0.549. The molecule has 1 fully saturated rings. The number of nitrogens with zero attached hydrogens (tertiary/aromatic N) is 2. The number of amides is 2. The number of benzene rings is 2. The Morgan fingerprint density at radius 1 is 1.25 bits per heavy atom. The minimum atomic E-state index is -0.877. The molecule has 2 aromatic carbocycles. The molecule has 1 saturated heterocycles. The number of aliphatic imine (C=N–C) groups is 1. The normalized spacial score (nSPS) is 17.8. The molecule has 0 aromatic heterocycles. The maximum absolute atomic E-state index is 13.7. The van der Waals surface area contributed by atoms with Crippen LogP contribution in [0.4, 0.5) is 20.2 Å². The van der Waals surface area contributed by atoms with Crippen molar-refractivity contribution in [3.8, 4) is 0 Å². The molecule has 1 N–H and O–H groups in total. The molecule has 2 aromatic rings. The van der Waals surface area contributed by atoms with Crippen LogP contribution in [0, 0.1) is 11.6 Å². The van der Waals surface area contributed by atoms with Crippen LogP contribution in [-0.2, 0) is 9.59 Å². The average molecular weight is 401 g/mol. The lowest BCUT2D eigenvalue weighted by Gasteiger charge is -2.13. The molecule has 0 aliphatic carbocycles. The summed E-state index contributed by atoms with van der Waals surface area (Å²) < 4.78 is 26.7. The lowest BCUT2D eigenvalue weighted by Crippen LogP contribution is -2.33. The molecular formula is C20H17F2N3O2S. The van der Waals surface area contributed by atoms with E-state index in [9.17, 15) is 18.4 Å². The Kier molecular flexibility index (Phi) is 6.20. The van der Waals surface area contributed by atoms with E-state index >= 15 is 0 Å². The average Bonchev–Trinajstić information content (AvgIpc) is 2.94. The molecule has 0 bridgehead atoms. The Morgan fingerprint density at radius 3 is 2.68 bits per heavy atom. The second kappa shape index (κ2) is 8.79. The molecule has 1 aliphatic rings. The quantitative estimate of drug-likeness (QED) is 0.741. The van der Waals surface area contributed by atoms with E-state index < -0.39 is 22.8 Å². The highest BCUT2D eigenvalue weighted by Gasteiger charge is 2.38. The topological polar surface area (TPSA) is 61.8 Å². The molecule has 0 radical (unpaired) electrons. The predicted molar refractivity (Wildman–Crippen MR) is 106 cm³/mol. The fourth-order valence-electron chi connectivity index (χ4n) is 2.60. The van der Waals surface area contributed by atoms with Crippen LogP contribution in [0.15, 0.2) is 66.2 Å². The van der Waals surface area contributed by atoms with Crippen LogP contribution < -0.4 is 5.32 Å². The number of anilines is 1. The summed E-state index contributed by atoms with van der Waals surface area (Å²) in [5.74, 6) is -2.43. The molecule has 1 unspecified atom stereocenters. The molecular weight excluding hydrogens is 384 g/mol. The van der Waals surface area contributed by atoms with Gasteiger partial charge in [0.2, 0.25) is 11.8 Å². The van der Waals surface area contributed by atoms with E-state index in [2.05, 4.69) is 16.9 Å². The van der Waals surface area contributed by atoms with Gasteiger partial charge in [0, 0.05) is 19.0 Å². The summed E-state index contributed by atoms with van der Waals surface area (Å²) in [6, 6.07) is 12.0. The van der Waals surface area contributed by atoms with Crippen molar-refractivity contribution in [2.45, 2.75) is 11.7 Å². The molecule has 8 heteroatoms. The van der Waals surface area contributed by atoms with Crippen molar-refractivity contribution in [1.82, 2.24) is 4.90 Å². The largest absolute Gasteiger partial charge is 0.324 e. The van der Waals surface area contributed by atoms with E-state index in [1.807, 2.05) is 30.3 Å². The second-order valence-electron chi connectivity index (χ2n) is 5.95. The number of nitrogens with one attached hydrogen (secondary N) is 1. The van der Waals surface area contributed by atoms with Gasteiger partial charge in [0.05, 0.1) is 11.4 Å². The van der Waals surface area contributed by atoms with Gasteiger partial charge in [-0.1, -0.05) is 36.0 Å². The SMILES string of the molecule is C=CCN1C(=O)C(CC(=O)Nc2ccc(F)cc2F)SC1=Nc1ccccc1. The number of carbonyl (C=O) groups is 2. The van der Waals surface area contributed by atoms with Crippen molar-refractivity contribution in [2.75, 3.05) is 11.9 Å². The minimum Gasteiger partial charge on any atom is -0.324 e. The van der Waals surface area contributed by atoms with Crippen LogP contribution in [0.3, 0.4) is 0 Å². The molecule has 1 aliphatic heterocycles. The van der Waals surface area contributed by atoms with E-state index in [-0.39, 0.29) is 24.6 Å². The van der Waals surface area contributed by atoms with E-state index in [1.165, 1.54) is 16.7 Å². The van der Waals surface area contributed by atoms with Crippen molar-refractivity contribution in [3.63, 3.8) is 0 Å². The van der Waals surface area contributed by atoms with E-state index in [1.54, 1.807) is 6.08 Å². The Hall–Kier alpha value is -3.00. The lowest BCUT2D eigenvalue weighted by atomic mass is 10.2. The first-order valence-electron chi connectivity index (χ1n) is 8.45.